The smallest absolute Gasteiger partial charge is 0.254 e. The molecule has 19 heavy (non-hydrogen) atoms. The highest BCUT2D eigenvalue weighted by atomic mass is 79.9. The Bertz CT molecular complexity index is 592. The third-order valence-electron chi connectivity index (χ3n) is 2.53. The molecule has 1 N–H and O–H groups in total. The SMILES string of the molecule is CC(NC(=O)c1cc(Br)cnc1Cl)c1ccccn1. The minimum Gasteiger partial charge on any atom is -0.344 e. The Balaban J connectivity index is 2.15. The average Bonchev–Trinajstić information content (AvgIpc) is 2.42. The first-order valence-electron chi connectivity index (χ1n) is 5.61. The summed E-state index contributed by atoms with van der Waals surface area (Å²) in [6, 6.07) is 6.98. The number of nitrogens with zero attached hydrogens (tertiary/aromatic N) is 2. The molecule has 6 heteroatoms. The van der Waals surface area contributed by atoms with E-state index in [0.717, 1.165) is 5.69 Å². The molecule has 98 valence electrons. The van der Waals surface area contributed by atoms with Crippen LogP contribution in [-0.4, -0.2) is 15.9 Å². The molecule has 0 aliphatic carbocycles. The summed E-state index contributed by atoms with van der Waals surface area (Å²) in [5.74, 6) is -0.281. The van der Waals surface area contributed by atoms with Gasteiger partial charge in [0, 0.05) is 16.9 Å². The number of carbonyl (C=O) groups excluding carboxylic acids is 1. The number of hydrogen-bond donors (Lipinski definition) is 1. The van der Waals surface area contributed by atoms with Gasteiger partial charge >= 0.3 is 0 Å². The number of amides is 1. The summed E-state index contributed by atoms with van der Waals surface area (Å²) < 4.78 is 0.701. The zero-order chi connectivity index (χ0) is 13.8. The first-order valence-corrected chi connectivity index (χ1v) is 6.78. The number of rotatable bonds is 3. The maximum absolute atomic E-state index is 12.1. The number of halogens is 2. The van der Waals surface area contributed by atoms with Gasteiger partial charge in [0.05, 0.1) is 17.3 Å². The van der Waals surface area contributed by atoms with Gasteiger partial charge < -0.3 is 5.32 Å². The molecule has 2 aromatic rings. The Labute approximate surface area is 124 Å². The van der Waals surface area contributed by atoms with Crippen LogP contribution in [0.2, 0.25) is 5.15 Å². The zero-order valence-electron chi connectivity index (χ0n) is 10.1. The van der Waals surface area contributed by atoms with Gasteiger partial charge in [-0.25, -0.2) is 4.98 Å². The third kappa shape index (κ3) is 3.52. The molecule has 0 saturated heterocycles. The van der Waals surface area contributed by atoms with E-state index in [2.05, 4.69) is 31.2 Å². The van der Waals surface area contributed by atoms with Crippen molar-refractivity contribution in [3.05, 3.63) is 57.5 Å². The van der Waals surface area contributed by atoms with Crippen molar-refractivity contribution in [2.75, 3.05) is 0 Å². The molecule has 2 aromatic heterocycles. The lowest BCUT2D eigenvalue weighted by Gasteiger charge is -2.13. The number of aromatic nitrogens is 2. The first-order chi connectivity index (χ1) is 9.08. The van der Waals surface area contributed by atoms with E-state index in [1.807, 2.05) is 25.1 Å². The lowest BCUT2D eigenvalue weighted by Crippen LogP contribution is -2.27. The summed E-state index contributed by atoms with van der Waals surface area (Å²) in [5.41, 5.74) is 1.12. The van der Waals surface area contributed by atoms with Crippen molar-refractivity contribution in [3.63, 3.8) is 0 Å². The van der Waals surface area contributed by atoms with E-state index in [1.165, 1.54) is 0 Å². The molecule has 0 aliphatic rings. The lowest BCUT2D eigenvalue weighted by molar-refractivity contribution is 0.0939. The molecule has 0 radical (unpaired) electrons. The number of carbonyl (C=O) groups is 1. The second-order valence-electron chi connectivity index (χ2n) is 3.94. The van der Waals surface area contributed by atoms with Gasteiger partial charge in [-0.05, 0) is 41.1 Å². The summed E-state index contributed by atoms with van der Waals surface area (Å²) in [6.45, 7) is 1.86. The molecular weight excluding hydrogens is 330 g/mol. The van der Waals surface area contributed by atoms with E-state index in [-0.39, 0.29) is 17.1 Å². The van der Waals surface area contributed by atoms with Crippen molar-refractivity contribution in [2.45, 2.75) is 13.0 Å². The van der Waals surface area contributed by atoms with Crippen molar-refractivity contribution in [3.8, 4) is 0 Å². The van der Waals surface area contributed by atoms with Gasteiger partial charge in [-0.15, -0.1) is 0 Å². The Morgan fingerprint density at radius 2 is 2.21 bits per heavy atom. The second kappa shape index (κ2) is 6.12. The minimum absolute atomic E-state index is 0.175. The quantitative estimate of drug-likeness (QED) is 0.872. The standard InChI is InChI=1S/C13H11BrClN3O/c1-8(11-4-2-3-5-16-11)18-13(19)10-6-9(14)7-17-12(10)15/h2-8H,1H3,(H,18,19). The molecule has 4 nitrogen and oxygen atoms in total. The highest BCUT2D eigenvalue weighted by Crippen LogP contribution is 2.19. The van der Waals surface area contributed by atoms with Gasteiger partial charge in [0.25, 0.3) is 5.91 Å². The lowest BCUT2D eigenvalue weighted by atomic mass is 10.2. The van der Waals surface area contributed by atoms with Crippen LogP contribution in [0.5, 0.6) is 0 Å². The first kappa shape index (κ1) is 14.0. The third-order valence-corrected chi connectivity index (χ3v) is 3.26. The van der Waals surface area contributed by atoms with Gasteiger partial charge in [0.15, 0.2) is 0 Å². The van der Waals surface area contributed by atoms with E-state index in [4.69, 9.17) is 11.6 Å². The Morgan fingerprint density at radius 3 is 2.89 bits per heavy atom. The summed E-state index contributed by atoms with van der Waals surface area (Å²) in [4.78, 5) is 20.2. The molecule has 0 bridgehead atoms. The van der Waals surface area contributed by atoms with Gasteiger partial charge in [0.2, 0.25) is 0 Å². The summed E-state index contributed by atoms with van der Waals surface area (Å²) in [5, 5.41) is 3.01. The predicted molar refractivity (Wildman–Crippen MR) is 77.1 cm³/mol. The summed E-state index contributed by atoms with van der Waals surface area (Å²) >= 11 is 9.17. The summed E-state index contributed by atoms with van der Waals surface area (Å²) in [7, 11) is 0. The van der Waals surface area contributed by atoms with Gasteiger partial charge in [-0.3, -0.25) is 9.78 Å². The average molecular weight is 341 g/mol. The van der Waals surface area contributed by atoms with Crippen molar-refractivity contribution in [1.82, 2.24) is 15.3 Å². The summed E-state index contributed by atoms with van der Waals surface area (Å²) in [6.07, 6.45) is 3.23. The Kier molecular flexibility index (Phi) is 4.50. The van der Waals surface area contributed by atoms with E-state index in [1.54, 1.807) is 18.5 Å². The fourth-order valence-corrected chi connectivity index (χ4v) is 2.08. The number of nitrogens with one attached hydrogen (secondary N) is 1. The number of hydrogen-bond acceptors (Lipinski definition) is 3. The molecule has 0 aromatic carbocycles. The van der Waals surface area contributed by atoms with Gasteiger partial charge in [-0.1, -0.05) is 17.7 Å². The van der Waals surface area contributed by atoms with E-state index in [0.29, 0.717) is 10.0 Å². The molecule has 1 atom stereocenters. The minimum atomic E-state index is -0.281. The normalized spacial score (nSPS) is 11.9. The van der Waals surface area contributed by atoms with Crippen LogP contribution in [0.15, 0.2) is 41.1 Å². The maximum Gasteiger partial charge on any atom is 0.254 e. The van der Waals surface area contributed by atoms with E-state index < -0.39 is 0 Å². The van der Waals surface area contributed by atoms with Crippen LogP contribution in [0.4, 0.5) is 0 Å². The Morgan fingerprint density at radius 1 is 1.42 bits per heavy atom. The molecule has 0 saturated carbocycles. The van der Waals surface area contributed by atoms with Crippen LogP contribution < -0.4 is 5.32 Å². The highest BCUT2D eigenvalue weighted by Gasteiger charge is 2.15. The molecule has 0 aliphatic heterocycles. The topological polar surface area (TPSA) is 54.9 Å². The fraction of sp³-hybridized carbons (Fsp3) is 0.154. The van der Waals surface area contributed by atoms with Crippen molar-refractivity contribution in [2.24, 2.45) is 0 Å². The fourth-order valence-electron chi connectivity index (χ4n) is 1.56. The highest BCUT2D eigenvalue weighted by molar-refractivity contribution is 9.10. The molecule has 2 heterocycles. The van der Waals surface area contributed by atoms with Crippen LogP contribution in [0, 0.1) is 0 Å². The predicted octanol–water partition coefficient (Wildman–Crippen LogP) is 3.38. The Hall–Kier alpha value is -1.46. The van der Waals surface area contributed by atoms with Crippen LogP contribution in [-0.2, 0) is 0 Å². The van der Waals surface area contributed by atoms with E-state index >= 15 is 0 Å². The van der Waals surface area contributed by atoms with Crippen molar-refractivity contribution >= 4 is 33.4 Å². The van der Waals surface area contributed by atoms with Crippen LogP contribution >= 0.6 is 27.5 Å². The van der Waals surface area contributed by atoms with Crippen molar-refractivity contribution in [1.29, 1.82) is 0 Å². The van der Waals surface area contributed by atoms with Crippen LogP contribution in [0.3, 0.4) is 0 Å². The largest absolute Gasteiger partial charge is 0.344 e. The molecule has 1 unspecified atom stereocenters. The van der Waals surface area contributed by atoms with Gasteiger partial charge in [-0.2, -0.15) is 0 Å². The molecule has 1 amide bonds. The van der Waals surface area contributed by atoms with Gasteiger partial charge in [0.1, 0.15) is 5.15 Å². The maximum atomic E-state index is 12.1. The van der Waals surface area contributed by atoms with Crippen LogP contribution in [0.1, 0.15) is 29.0 Å². The van der Waals surface area contributed by atoms with E-state index in [9.17, 15) is 4.79 Å². The molecule has 2 rings (SSSR count). The molecular formula is C13H11BrClN3O. The zero-order valence-corrected chi connectivity index (χ0v) is 12.4. The van der Waals surface area contributed by atoms with Crippen molar-refractivity contribution < 1.29 is 4.79 Å². The van der Waals surface area contributed by atoms with Crippen LogP contribution in [0.25, 0.3) is 0 Å². The second-order valence-corrected chi connectivity index (χ2v) is 5.22. The monoisotopic (exact) mass is 339 g/mol. The number of pyridine rings is 2. The molecule has 0 fully saturated rings. The molecule has 0 spiro atoms.